The Kier molecular flexibility index (Phi) is 4.30. The molecule has 3 nitrogen and oxygen atoms in total. The van der Waals surface area contributed by atoms with E-state index >= 15 is 0 Å². The molecule has 0 bridgehead atoms. The molecule has 0 aliphatic carbocycles. The Morgan fingerprint density at radius 3 is 2.30 bits per heavy atom. The van der Waals surface area contributed by atoms with Gasteiger partial charge in [-0.3, -0.25) is 4.79 Å². The molecule has 1 amide bonds. The van der Waals surface area contributed by atoms with Gasteiger partial charge in [0.2, 0.25) is 0 Å². The summed E-state index contributed by atoms with van der Waals surface area (Å²) in [6, 6.07) is 15.7. The Morgan fingerprint density at radius 2 is 1.75 bits per heavy atom. The number of hydrogen-bond donors (Lipinski definition) is 2. The zero-order chi connectivity index (χ0) is 14.6. The van der Waals surface area contributed by atoms with E-state index in [0.717, 1.165) is 5.56 Å². The lowest BCUT2D eigenvalue weighted by molar-refractivity contribution is 0.0913. The van der Waals surface area contributed by atoms with Gasteiger partial charge in [0, 0.05) is 11.4 Å². The first-order chi connectivity index (χ1) is 9.55. The highest BCUT2D eigenvalue weighted by atomic mass is 35.5. The summed E-state index contributed by atoms with van der Waals surface area (Å²) in [6.07, 6.45) is 0. The van der Waals surface area contributed by atoms with Crippen molar-refractivity contribution in [3.05, 3.63) is 65.7 Å². The fourth-order valence-electron chi connectivity index (χ4n) is 1.92. The first-order valence-electron chi connectivity index (χ1n) is 6.28. The molecule has 2 N–H and O–H groups in total. The van der Waals surface area contributed by atoms with Gasteiger partial charge in [0.25, 0.3) is 5.91 Å². The number of nitrogens with one attached hydrogen (secondary N) is 1. The topological polar surface area (TPSA) is 49.3 Å². The van der Waals surface area contributed by atoms with Crippen LogP contribution in [0.2, 0.25) is 0 Å². The minimum atomic E-state index is -0.641. The first-order valence-corrected chi connectivity index (χ1v) is 6.82. The summed E-state index contributed by atoms with van der Waals surface area (Å²) in [5.41, 5.74) is 0.787. The van der Waals surface area contributed by atoms with Gasteiger partial charge in [-0.15, -0.1) is 11.6 Å². The van der Waals surface area contributed by atoms with E-state index in [-0.39, 0.29) is 17.5 Å². The van der Waals surface area contributed by atoms with Gasteiger partial charge in [-0.2, -0.15) is 0 Å². The van der Waals surface area contributed by atoms with E-state index in [2.05, 4.69) is 5.32 Å². The molecule has 0 aliphatic rings. The summed E-state index contributed by atoms with van der Waals surface area (Å²) in [5.74, 6) is 0.169. The molecule has 0 spiro atoms. The largest absolute Gasteiger partial charge is 0.508 e. The number of rotatable bonds is 4. The first kappa shape index (κ1) is 14.4. The summed E-state index contributed by atoms with van der Waals surface area (Å²) < 4.78 is 0. The number of halogens is 1. The maximum atomic E-state index is 12.3. The van der Waals surface area contributed by atoms with Crippen molar-refractivity contribution in [3.63, 3.8) is 0 Å². The number of benzene rings is 2. The van der Waals surface area contributed by atoms with Crippen LogP contribution in [0.1, 0.15) is 22.8 Å². The van der Waals surface area contributed by atoms with Crippen molar-refractivity contribution >= 4 is 17.5 Å². The molecule has 20 heavy (non-hydrogen) atoms. The van der Waals surface area contributed by atoms with E-state index in [1.54, 1.807) is 12.1 Å². The van der Waals surface area contributed by atoms with Crippen LogP contribution in [0.4, 0.5) is 0 Å². The predicted octanol–water partition coefficient (Wildman–Crippen LogP) is 3.28. The van der Waals surface area contributed by atoms with E-state index in [1.165, 1.54) is 12.1 Å². The van der Waals surface area contributed by atoms with E-state index < -0.39 is 5.54 Å². The zero-order valence-electron chi connectivity index (χ0n) is 11.1. The molecular weight excluding hydrogens is 274 g/mol. The second-order valence-corrected chi connectivity index (χ2v) is 5.10. The molecule has 0 saturated heterocycles. The normalized spacial score (nSPS) is 13.5. The van der Waals surface area contributed by atoms with Crippen LogP contribution >= 0.6 is 11.6 Å². The van der Waals surface area contributed by atoms with Crippen LogP contribution in [0.3, 0.4) is 0 Å². The molecule has 0 aromatic heterocycles. The van der Waals surface area contributed by atoms with E-state index in [4.69, 9.17) is 11.6 Å². The number of carbonyl (C=O) groups excluding carboxylic acids is 1. The third-order valence-corrected chi connectivity index (χ3v) is 3.73. The van der Waals surface area contributed by atoms with Crippen LogP contribution in [0.5, 0.6) is 5.75 Å². The highest BCUT2D eigenvalue weighted by Gasteiger charge is 2.27. The quantitative estimate of drug-likeness (QED) is 0.849. The van der Waals surface area contributed by atoms with Gasteiger partial charge in [0.05, 0.1) is 5.54 Å². The molecule has 0 saturated carbocycles. The number of alkyl halides is 1. The molecule has 2 aromatic carbocycles. The van der Waals surface area contributed by atoms with Crippen molar-refractivity contribution in [1.29, 1.82) is 0 Å². The van der Waals surface area contributed by atoms with Crippen LogP contribution < -0.4 is 5.32 Å². The smallest absolute Gasteiger partial charge is 0.252 e. The molecule has 0 heterocycles. The zero-order valence-corrected chi connectivity index (χ0v) is 11.9. The number of aromatic hydroxyl groups is 1. The Bertz CT molecular complexity index is 583. The summed E-state index contributed by atoms with van der Waals surface area (Å²) in [7, 11) is 0. The molecule has 4 heteroatoms. The molecule has 1 unspecified atom stereocenters. The lowest BCUT2D eigenvalue weighted by Crippen LogP contribution is -2.45. The SMILES string of the molecule is CC(CCl)(NC(=O)c1ccc(O)cc1)c1ccccc1. The number of hydrogen-bond acceptors (Lipinski definition) is 2. The number of amides is 1. The van der Waals surface area contributed by atoms with Gasteiger partial charge in [-0.25, -0.2) is 0 Å². The van der Waals surface area contributed by atoms with Gasteiger partial charge in [0.15, 0.2) is 0 Å². The van der Waals surface area contributed by atoms with Crippen LogP contribution in [0.25, 0.3) is 0 Å². The van der Waals surface area contributed by atoms with Crippen LogP contribution in [0.15, 0.2) is 54.6 Å². The Balaban J connectivity index is 2.22. The highest BCUT2D eigenvalue weighted by molar-refractivity contribution is 6.19. The number of phenolic OH excluding ortho intramolecular Hbond substituents is 1. The minimum absolute atomic E-state index is 0.129. The predicted molar refractivity (Wildman–Crippen MR) is 80.1 cm³/mol. The van der Waals surface area contributed by atoms with Gasteiger partial charge in [0.1, 0.15) is 5.75 Å². The van der Waals surface area contributed by atoms with Crippen LogP contribution in [0, 0.1) is 0 Å². The number of carbonyl (C=O) groups is 1. The van der Waals surface area contributed by atoms with Gasteiger partial charge < -0.3 is 10.4 Å². The van der Waals surface area contributed by atoms with E-state index in [9.17, 15) is 9.90 Å². The van der Waals surface area contributed by atoms with Crippen molar-refractivity contribution < 1.29 is 9.90 Å². The Labute approximate surface area is 123 Å². The van der Waals surface area contributed by atoms with Gasteiger partial charge in [-0.05, 0) is 36.8 Å². The fraction of sp³-hybridized carbons (Fsp3) is 0.188. The van der Waals surface area contributed by atoms with Crippen LogP contribution in [-0.4, -0.2) is 16.9 Å². The molecule has 0 fully saturated rings. The lowest BCUT2D eigenvalue weighted by Gasteiger charge is -2.29. The van der Waals surface area contributed by atoms with Crippen molar-refractivity contribution in [2.75, 3.05) is 5.88 Å². The lowest BCUT2D eigenvalue weighted by atomic mass is 9.93. The van der Waals surface area contributed by atoms with E-state index in [1.807, 2.05) is 37.3 Å². The van der Waals surface area contributed by atoms with Crippen molar-refractivity contribution in [1.82, 2.24) is 5.32 Å². The third-order valence-electron chi connectivity index (χ3n) is 3.20. The number of phenols is 1. The Hall–Kier alpha value is -2.00. The molecule has 104 valence electrons. The maximum Gasteiger partial charge on any atom is 0.252 e. The second kappa shape index (κ2) is 5.97. The second-order valence-electron chi connectivity index (χ2n) is 4.83. The third kappa shape index (κ3) is 3.11. The summed E-state index contributed by atoms with van der Waals surface area (Å²) in [6.45, 7) is 1.88. The Morgan fingerprint density at radius 1 is 1.15 bits per heavy atom. The summed E-state index contributed by atoms with van der Waals surface area (Å²) >= 11 is 6.05. The minimum Gasteiger partial charge on any atom is -0.508 e. The highest BCUT2D eigenvalue weighted by Crippen LogP contribution is 2.23. The summed E-state index contributed by atoms with van der Waals surface area (Å²) in [5, 5.41) is 12.2. The van der Waals surface area contributed by atoms with Gasteiger partial charge >= 0.3 is 0 Å². The van der Waals surface area contributed by atoms with Crippen molar-refractivity contribution in [2.45, 2.75) is 12.5 Å². The monoisotopic (exact) mass is 289 g/mol. The van der Waals surface area contributed by atoms with Gasteiger partial charge in [-0.1, -0.05) is 30.3 Å². The standard InChI is InChI=1S/C16H16ClNO2/c1-16(11-17,13-5-3-2-4-6-13)18-15(20)12-7-9-14(19)10-8-12/h2-10,19H,11H2,1H3,(H,18,20). The molecule has 2 rings (SSSR count). The van der Waals surface area contributed by atoms with Crippen molar-refractivity contribution in [3.8, 4) is 5.75 Å². The molecule has 0 radical (unpaired) electrons. The average molecular weight is 290 g/mol. The van der Waals surface area contributed by atoms with Crippen molar-refractivity contribution in [2.24, 2.45) is 0 Å². The molecule has 0 aliphatic heterocycles. The molecular formula is C16H16ClNO2. The average Bonchev–Trinajstić information content (AvgIpc) is 2.48. The fourth-order valence-corrected chi connectivity index (χ4v) is 2.15. The molecule has 1 atom stereocenters. The molecule has 2 aromatic rings. The summed E-state index contributed by atoms with van der Waals surface area (Å²) in [4.78, 5) is 12.3. The maximum absolute atomic E-state index is 12.3. The van der Waals surface area contributed by atoms with Crippen LogP contribution in [-0.2, 0) is 5.54 Å². The van der Waals surface area contributed by atoms with E-state index in [0.29, 0.717) is 5.56 Å².